The fourth-order valence-corrected chi connectivity index (χ4v) is 4.07. The molecule has 0 saturated carbocycles. The summed E-state index contributed by atoms with van der Waals surface area (Å²) in [6.45, 7) is 4.43. The molecule has 0 atom stereocenters. The minimum Gasteiger partial charge on any atom is -0.305 e. The number of aryl methyl sites for hydroxylation is 1. The Balaban J connectivity index is 2.37. The Morgan fingerprint density at radius 2 is 1.95 bits per heavy atom. The van der Waals surface area contributed by atoms with Crippen LogP contribution in [0.15, 0.2) is 23.1 Å². The van der Waals surface area contributed by atoms with E-state index in [1.807, 2.05) is 13.1 Å². The summed E-state index contributed by atoms with van der Waals surface area (Å²) in [5.74, 6) is 0. The van der Waals surface area contributed by atoms with Crippen molar-refractivity contribution in [3.05, 3.63) is 29.3 Å². The van der Waals surface area contributed by atoms with Crippen molar-refractivity contribution >= 4 is 10.0 Å². The van der Waals surface area contributed by atoms with Gasteiger partial charge in [-0.2, -0.15) is 9.57 Å². The molecule has 1 saturated heterocycles. The van der Waals surface area contributed by atoms with E-state index in [1.165, 1.54) is 10.4 Å². The van der Waals surface area contributed by atoms with Crippen LogP contribution in [0.2, 0.25) is 0 Å². The van der Waals surface area contributed by atoms with E-state index >= 15 is 0 Å². The predicted octanol–water partition coefficient (Wildman–Crippen LogP) is 1.19. The molecule has 1 aromatic carbocycles. The Morgan fingerprint density at radius 1 is 1.20 bits per heavy atom. The van der Waals surface area contributed by atoms with Crippen LogP contribution in [0.25, 0.3) is 0 Å². The van der Waals surface area contributed by atoms with E-state index in [0.717, 1.165) is 19.5 Å². The average molecular weight is 293 g/mol. The summed E-state index contributed by atoms with van der Waals surface area (Å²) in [5.41, 5.74) is 1.06. The van der Waals surface area contributed by atoms with Gasteiger partial charge in [-0.15, -0.1) is 0 Å². The van der Waals surface area contributed by atoms with Gasteiger partial charge in [0.25, 0.3) is 0 Å². The van der Waals surface area contributed by atoms with Crippen molar-refractivity contribution in [3.63, 3.8) is 0 Å². The van der Waals surface area contributed by atoms with Crippen LogP contribution in [-0.2, 0) is 10.0 Å². The highest BCUT2D eigenvalue weighted by atomic mass is 32.2. The van der Waals surface area contributed by atoms with Crippen LogP contribution in [0, 0.1) is 18.3 Å². The fraction of sp³-hybridized carbons (Fsp3) is 0.500. The lowest BCUT2D eigenvalue weighted by molar-refractivity contribution is 0.347. The van der Waals surface area contributed by atoms with Gasteiger partial charge in [0.15, 0.2) is 0 Å². The Kier molecular flexibility index (Phi) is 4.43. The van der Waals surface area contributed by atoms with Crippen molar-refractivity contribution < 1.29 is 8.42 Å². The van der Waals surface area contributed by atoms with Crippen LogP contribution >= 0.6 is 0 Å². The smallest absolute Gasteiger partial charge is 0.243 e. The quantitative estimate of drug-likeness (QED) is 0.821. The van der Waals surface area contributed by atoms with Crippen LogP contribution < -0.4 is 0 Å². The summed E-state index contributed by atoms with van der Waals surface area (Å²) in [4.78, 5) is 2.38. The SMILES string of the molecule is Cc1ccc(C#N)cc1S(=O)(=O)N1CCCN(C)CC1. The molecule has 0 bridgehead atoms. The van der Waals surface area contributed by atoms with Gasteiger partial charge >= 0.3 is 0 Å². The van der Waals surface area contributed by atoms with Crippen molar-refractivity contribution in [2.24, 2.45) is 0 Å². The topological polar surface area (TPSA) is 64.4 Å². The summed E-state index contributed by atoms with van der Waals surface area (Å²) in [7, 11) is -1.52. The highest BCUT2D eigenvalue weighted by molar-refractivity contribution is 7.89. The molecule has 0 radical (unpaired) electrons. The van der Waals surface area contributed by atoms with Crippen molar-refractivity contribution in [1.29, 1.82) is 5.26 Å². The molecule has 1 fully saturated rings. The normalized spacial score (nSPS) is 18.4. The molecule has 1 heterocycles. The van der Waals surface area contributed by atoms with Gasteiger partial charge in [0, 0.05) is 19.6 Å². The summed E-state index contributed by atoms with van der Waals surface area (Å²) in [6, 6.07) is 6.80. The molecule has 1 aliphatic rings. The van der Waals surface area contributed by atoms with Crippen LogP contribution in [0.1, 0.15) is 17.5 Å². The molecular weight excluding hydrogens is 274 g/mol. The van der Waals surface area contributed by atoms with E-state index in [0.29, 0.717) is 24.2 Å². The molecule has 1 aromatic rings. The minimum atomic E-state index is -3.52. The maximum Gasteiger partial charge on any atom is 0.243 e. The molecule has 20 heavy (non-hydrogen) atoms. The van der Waals surface area contributed by atoms with Gasteiger partial charge in [-0.05, 0) is 44.6 Å². The van der Waals surface area contributed by atoms with Crippen molar-refractivity contribution in [3.8, 4) is 6.07 Å². The fourth-order valence-electron chi connectivity index (χ4n) is 2.35. The highest BCUT2D eigenvalue weighted by Gasteiger charge is 2.27. The van der Waals surface area contributed by atoms with Crippen molar-refractivity contribution in [2.45, 2.75) is 18.2 Å². The molecule has 1 aliphatic heterocycles. The highest BCUT2D eigenvalue weighted by Crippen LogP contribution is 2.22. The molecule has 0 N–H and O–H groups in total. The lowest BCUT2D eigenvalue weighted by Crippen LogP contribution is -2.34. The largest absolute Gasteiger partial charge is 0.305 e. The third kappa shape index (κ3) is 3.01. The molecule has 2 rings (SSSR count). The predicted molar refractivity (Wildman–Crippen MR) is 76.8 cm³/mol. The van der Waals surface area contributed by atoms with E-state index in [1.54, 1.807) is 19.1 Å². The summed E-state index contributed by atoms with van der Waals surface area (Å²) in [6.07, 6.45) is 0.826. The Bertz CT molecular complexity index is 634. The Hall–Kier alpha value is -1.42. The van der Waals surface area contributed by atoms with E-state index < -0.39 is 10.0 Å². The number of benzene rings is 1. The van der Waals surface area contributed by atoms with Crippen molar-refractivity contribution in [2.75, 3.05) is 33.2 Å². The summed E-state index contributed by atoms with van der Waals surface area (Å²) in [5, 5.41) is 8.94. The lowest BCUT2D eigenvalue weighted by atomic mass is 10.2. The van der Waals surface area contributed by atoms with E-state index in [-0.39, 0.29) is 4.90 Å². The van der Waals surface area contributed by atoms with Gasteiger partial charge < -0.3 is 4.90 Å². The zero-order chi connectivity index (χ0) is 14.8. The molecule has 108 valence electrons. The number of hydrogen-bond donors (Lipinski definition) is 0. The Labute approximate surface area is 120 Å². The monoisotopic (exact) mass is 293 g/mol. The molecular formula is C14H19N3O2S. The Morgan fingerprint density at radius 3 is 2.65 bits per heavy atom. The number of hydrogen-bond acceptors (Lipinski definition) is 4. The van der Waals surface area contributed by atoms with Crippen molar-refractivity contribution in [1.82, 2.24) is 9.21 Å². The third-order valence-corrected chi connectivity index (χ3v) is 5.65. The van der Waals surface area contributed by atoms with Gasteiger partial charge in [0.1, 0.15) is 0 Å². The molecule has 0 unspecified atom stereocenters. The van der Waals surface area contributed by atoms with Crippen LogP contribution in [0.5, 0.6) is 0 Å². The molecule has 0 aromatic heterocycles. The number of nitriles is 1. The number of sulfonamides is 1. The number of nitrogens with zero attached hydrogens (tertiary/aromatic N) is 3. The first-order valence-corrected chi connectivity index (χ1v) is 8.08. The van der Waals surface area contributed by atoms with Crippen LogP contribution in [0.4, 0.5) is 0 Å². The van der Waals surface area contributed by atoms with Crippen LogP contribution in [-0.4, -0.2) is 50.8 Å². The number of likely N-dealkylation sites (N-methyl/N-ethyl adjacent to an activating group) is 1. The van der Waals surface area contributed by atoms with Crippen LogP contribution in [0.3, 0.4) is 0 Å². The average Bonchev–Trinajstić information content (AvgIpc) is 2.64. The molecule has 6 heteroatoms. The van der Waals surface area contributed by atoms with Gasteiger partial charge in [-0.1, -0.05) is 6.07 Å². The first-order valence-electron chi connectivity index (χ1n) is 6.64. The van der Waals surface area contributed by atoms with Gasteiger partial charge in [-0.25, -0.2) is 8.42 Å². The zero-order valence-corrected chi connectivity index (χ0v) is 12.7. The number of rotatable bonds is 2. The second kappa shape index (κ2) is 5.92. The third-order valence-electron chi connectivity index (χ3n) is 3.61. The summed E-state index contributed by atoms with van der Waals surface area (Å²) >= 11 is 0. The first kappa shape index (κ1) is 15.0. The van der Waals surface area contributed by atoms with E-state index in [2.05, 4.69) is 4.90 Å². The molecule has 5 nitrogen and oxygen atoms in total. The minimum absolute atomic E-state index is 0.251. The van der Waals surface area contributed by atoms with Gasteiger partial charge in [0.05, 0.1) is 16.5 Å². The summed E-state index contributed by atoms with van der Waals surface area (Å²) < 4.78 is 27.0. The zero-order valence-electron chi connectivity index (χ0n) is 11.8. The maximum atomic E-state index is 12.7. The standard InChI is InChI=1S/C14H19N3O2S/c1-12-4-5-13(11-15)10-14(12)20(18,19)17-7-3-6-16(2)8-9-17/h4-5,10H,3,6-9H2,1-2H3. The van der Waals surface area contributed by atoms with E-state index in [4.69, 9.17) is 5.26 Å². The second-order valence-electron chi connectivity index (χ2n) is 5.15. The molecule has 0 spiro atoms. The molecule has 0 amide bonds. The van der Waals surface area contributed by atoms with Gasteiger partial charge in [-0.3, -0.25) is 0 Å². The lowest BCUT2D eigenvalue weighted by Gasteiger charge is -2.21. The first-order chi connectivity index (χ1) is 9.45. The second-order valence-corrected chi connectivity index (χ2v) is 7.06. The van der Waals surface area contributed by atoms with Gasteiger partial charge in [0.2, 0.25) is 10.0 Å². The maximum absolute atomic E-state index is 12.7. The van der Waals surface area contributed by atoms with E-state index in [9.17, 15) is 8.42 Å². The molecule has 0 aliphatic carbocycles.